The first-order valence-electron chi connectivity index (χ1n) is 11.2. The molecule has 2 aromatic heterocycles. The predicted octanol–water partition coefficient (Wildman–Crippen LogP) is 4.35. The van der Waals surface area contributed by atoms with Gasteiger partial charge in [0.15, 0.2) is 10.8 Å². The lowest BCUT2D eigenvalue weighted by Crippen LogP contribution is -2.44. The topological polar surface area (TPSA) is 102 Å². The van der Waals surface area contributed by atoms with Crippen molar-refractivity contribution in [3.05, 3.63) is 83.2 Å². The summed E-state index contributed by atoms with van der Waals surface area (Å²) in [6.45, 7) is 0.258. The highest BCUT2D eigenvalue weighted by Gasteiger charge is 2.37. The van der Waals surface area contributed by atoms with Crippen molar-refractivity contribution in [1.29, 1.82) is 5.26 Å². The number of halogens is 4. The lowest BCUT2D eigenvalue weighted by molar-refractivity contribution is -0.138. The minimum Gasteiger partial charge on any atom is -0.346 e. The summed E-state index contributed by atoms with van der Waals surface area (Å²) in [6.07, 6.45) is -2.14. The molecular formula is C25H18F4N6O2S. The zero-order valence-electron chi connectivity index (χ0n) is 19.5. The van der Waals surface area contributed by atoms with Gasteiger partial charge in [0, 0.05) is 24.8 Å². The standard InChI is InChI=1S/C25H18F4N6O2S/c26-20-11-16(6-7-18(20)23(37)33-13-15-4-1-2-8-31-15)34-9-3-5-22(36)35(24(34)38)17-10-19(25(27,28)29)21(12-30)32-14-17/h1-2,4,6-8,10-11,14H,3,5,9,13H2,(H,33,37). The van der Waals surface area contributed by atoms with Crippen molar-refractivity contribution in [2.75, 3.05) is 16.3 Å². The van der Waals surface area contributed by atoms with Gasteiger partial charge >= 0.3 is 6.18 Å². The highest BCUT2D eigenvalue weighted by molar-refractivity contribution is 7.81. The molecule has 0 atom stereocenters. The molecule has 4 rings (SSSR count). The summed E-state index contributed by atoms with van der Waals surface area (Å²) in [6, 6.07) is 10.9. The van der Waals surface area contributed by atoms with Gasteiger partial charge in [0.05, 0.1) is 35.2 Å². The molecule has 0 spiro atoms. The summed E-state index contributed by atoms with van der Waals surface area (Å²) >= 11 is 5.45. The Morgan fingerprint density at radius 2 is 1.95 bits per heavy atom. The second kappa shape index (κ2) is 10.9. The highest BCUT2D eigenvalue weighted by atomic mass is 32.1. The number of nitrogens with zero attached hydrogens (tertiary/aromatic N) is 5. The number of hydrogen-bond acceptors (Lipinski definition) is 6. The second-order valence-corrected chi connectivity index (χ2v) is 8.50. The molecule has 1 fully saturated rings. The largest absolute Gasteiger partial charge is 0.419 e. The van der Waals surface area contributed by atoms with Crippen molar-refractivity contribution in [1.82, 2.24) is 15.3 Å². The van der Waals surface area contributed by atoms with Crippen LogP contribution in [0.5, 0.6) is 0 Å². The smallest absolute Gasteiger partial charge is 0.346 e. The van der Waals surface area contributed by atoms with Crippen LogP contribution < -0.4 is 15.1 Å². The van der Waals surface area contributed by atoms with E-state index in [9.17, 15) is 27.2 Å². The van der Waals surface area contributed by atoms with Crippen LogP contribution in [-0.4, -0.2) is 33.4 Å². The molecule has 0 unspecified atom stereocenters. The third-order valence-electron chi connectivity index (χ3n) is 5.65. The summed E-state index contributed by atoms with van der Waals surface area (Å²) in [7, 11) is 0. The number of anilines is 2. The molecule has 1 saturated heterocycles. The van der Waals surface area contributed by atoms with Crippen LogP contribution in [0.2, 0.25) is 0 Å². The Kier molecular flexibility index (Phi) is 7.63. The molecule has 0 radical (unpaired) electrons. The summed E-state index contributed by atoms with van der Waals surface area (Å²) < 4.78 is 55.4. The van der Waals surface area contributed by atoms with E-state index >= 15 is 0 Å². The Bertz CT molecular complexity index is 1440. The SMILES string of the molecule is N#Cc1ncc(N2C(=O)CCCN(c3ccc(C(=O)NCc4ccccn4)c(F)c3)C2=S)cc1C(F)(F)F. The average molecular weight is 543 g/mol. The Balaban J connectivity index is 1.60. The van der Waals surface area contributed by atoms with E-state index in [1.54, 1.807) is 24.4 Å². The maximum Gasteiger partial charge on any atom is 0.419 e. The Hall–Kier alpha value is -4.44. The number of rotatable bonds is 5. The van der Waals surface area contributed by atoms with Crippen molar-refractivity contribution in [3.8, 4) is 6.07 Å². The quantitative estimate of drug-likeness (QED) is 0.378. The summed E-state index contributed by atoms with van der Waals surface area (Å²) in [5, 5.41) is 11.4. The van der Waals surface area contributed by atoms with Crippen LogP contribution in [0.4, 0.5) is 28.9 Å². The lowest BCUT2D eigenvalue weighted by Gasteiger charge is -2.30. The minimum absolute atomic E-state index is 0.0471. The van der Waals surface area contributed by atoms with Crippen LogP contribution in [0, 0.1) is 17.1 Å². The van der Waals surface area contributed by atoms with Crippen LogP contribution in [0.15, 0.2) is 54.9 Å². The van der Waals surface area contributed by atoms with E-state index in [0.717, 1.165) is 17.2 Å². The number of amides is 2. The fourth-order valence-corrected chi connectivity index (χ4v) is 4.23. The molecule has 0 aliphatic carbocycles. The molecule has 194 valence electrons. The molecule has 0 saturated carbocycles. The molecule has 1 aromatic carbocycles. The highest BCUT2D eigenvalue weighted by Crippen LogP contribution is 2.34. The average Bonchev–Trinajstić information content (AvgIpc) is 3.04. The zero-order chi connectivity index (χ0) is 27.4. The molecule has 3 heterocycles. The third-order valence-corrected chi connectivity index (χ3v) is 6.05. The van der Waals surface area contributed by atoms with E-state index in [-0.39, 0.29) is 48.0 Å². The van der Waals surface area contributed by atoms with Crippen LogP contribution in [0.1, 0.15) is 40.2 Å². The van der Waals surface area contributed by atoms with Gasteiger partial charge in [-0.25, -0.2) is 9.37 Å². The first kappa shape index (κ1) is 26.6. The number of aromatic nitrogens is 2. The number of pyridine rings is 2. The third kappa shape index (κ3) is 5.60. The van der Waals surface area contributed by atoms with Crippen LogP contribution >= 0.6 is 12.2 Å². The van der Waals surface area contributed by atoms with Crippen molar-refractivity contribution in [3.63, 3.8) is 0 Å². The molecule has 3 aromatic rings. The number of carbonyl (C=O) groups excluding carboxylic acids is 2. The fourth-order valence-electron chi connectivity index (χ4n) is 3.82. The monoisotopic (exact) mass is 542 g/mol. The van der Waals surface area contributed by atoms with Crippen molar-refractivity contribution >= 4 is 40.5 Å². The molecule has 1 N–H and O–H groups in total. The number of nitrogens with one attached hydrogen (secondary N) is 1. The molecule has 8 nitrogen and oxygen atoms in total. The second-order valence-electron chi connectivity index (χ2n) is 8.13. The first-order chi connectivity index (χ1) is 18.1. The molecule has 38 heavy (non-hydrogen) atoms. The maximum atomic E-state index is 15.0. The van der Waals surface area contributed by atoms with Gasteiger partial charge in [-0.15, -0.1) is 0 Å². The van der Waals surface area contributed by atoms with Gasteiger partial charge in [0.1, 0.15) is 11.9 Å². The van der Waals surface area contributed by atoms with E-state index in [4.69, 9.17) is 17.5 Å². The minimum atomic E-state index is -4.89. The van der Waals surface area contributed by atoms with E-state index in [0.29, 0.717) is 11.8 Å². The van der Waals surface area contributed by atoms with Gasteiger partial charge in [-0.05, 0) is 55.0 Å². The Morgan fingerprint density at radius 1 is 1.16 bits per heavy atom. The van der Waals surface area contributed by atoms with Gasteiger partial charge in [-0.3, -0.25) is 19.5 Å². The molecule has 1 aliphatic rings. The molecule has 2 amide bonds. The Morgan fingerprint density at radius 3 is 2.61 bits per heavy atom. The van der Waals surface area contributed by atoms with Crippen LogP contribution in [0.3, 0.4) is 0 Å². The summed E-state index contributed by atoms with van der Waals surface area (Å²) in [5.74, 6) is -2.10. The fraction of sp³-hybridized carbons (Fsp3) is 0.200. The van der Waals surface area contributed by atoms with Gasteiger partial charge in [0.25, 0.3) is 5.91 Å². The molecular weight excluding hydrogens is 524 g/mol. The Labute approximate surface area is 219 Å². The van der Waals surface area contributed by atoms with Crippen molar-refractivity contribution in [2.24, 2.45) is 0 Å². The van der Waals surface area contributed by atoms with Crippen molar-refractivity contribution in [2.45, 2.75) is 25.6 Å². The maximum absolute atomic E-state index is 15.0. The first-order valence-corrected chi connectivity index (χ1v) is 11.6. The number of alkyl halides is 3. The lowest BCUT2D eigenvalue weighted by atomic mass is 10.1. The van der Waals surface area contributed by atoms with Gasteiger partial charge in [-0.1, -0.05) is 6.07 Å². The van der Waals surface area contributed by atoms with Crippen molar-refractivity contribution < 1.29 is 27.2 Å². The van der Waals surface area contributed by atoms with Crippen LogP contribution in [-0.2, 0) is 17.5 Å². The van der Waals surface area contributed by atoms with E-state index < -0.39 is 35.1 Å². The van der Waals surface area contributed by atoms with Crippen LogP contribution in [0.25, 0.3) is 0 Å². The molecule has 13 heteroatoms. The number of benzene rings is 1. The van der Waals surface area contributed by atoms with Gasteiger partial charge in [0.2, 0.25) is 5.91 Å². The number of hydrogen-bond donors (Lipinski definition) is 1. The summed E-state index contributed by atoms with van der Waals surface area (Å²) in [5.41, 5.74) is -1.87. The predicted molar refractivity (Wildman–Crippen MR) is 132 cm³/mol. The zero-order valence-corrected chi connectivity index (χ0v) is 20.3. The van der Waals surface area contributed by atoms with Gasteiger partial charge in [-0.2, -0.15) is 18.4 Å². The molecule has 1 aliphatic heterocycles. The number of carbonyl (C=O) groups is 2. The van der Waals surface area contributed by atoms with E-state index in [1.165, 1.54) is 23.1 Å². The van der Waals surface area contributed by atoms with E-state index in [2.05, 4.69) is 15.3 Å². The molecule has 0 bridgehead atoms. The summed E-state index contributed by atoms with van der Waals surface area (Å²) in [4.78, 5) is 35.2. The number of thiocarbonyl (C=S) groups is 1. The van der Waals surface area contributed by atoms with Gasteiger partial charge < -0.3 is 10.2 Å². The van der Waals surface area contributed by atoms with E-state index in [1.807, 2.05) is 0 Å². The normalized spacial score (nSPS) is 14.2. The number of nitriles is 1.